The lowest BCUT2D eigenvalue weighted by molar-refractivity contribution is -0.0180. The summed E-state index contributed by atoms with van der Waals surface area (Å²) in [4.78, 5) is 10.8. The average molecular weight is 337 g/mol. The van der Waals surface area contributed by atoms with E-state index in [1.54, 1.807) is 0 Å². The Balaban J connectivity index is 1.56. The zero-order chi connectivity index (χ0) is 17.3. The van der Waals surface area contributed by atoms with E-state index < -0.39 is 0 Å². The molecule has 0 amide bonds. The Hall–Kier alpha value is -0.160. The highest BCUT2D eigenvalue weighted by atomic mass is 15.3. The van der Waals surface area contributed by atoms with Crippen LogP contribution in [0.25, 0.3) is 0 Å². The maximum atomic E-state index is 2.89. The zero-order valence-corrected chi connectivity index (χ0v) is 16.7. The van der Waals surface area contributed by atoms with Gasteiger partial charge in [0.1, 0.15) is 0 Å². The van der Waals surface area contributed by atoms with E-state index in [1.165, 1.54) is 65.0 Å². The zero-order valence-electron chi connectivity index (χ0n) is 16.7. The summed E-state index contributed by atoms with van der Waals surface area (Å²) in [7, 11) is 2.26. The molecule has 0 aliphatic carbocycles. The van der Waals surface area contributed by atoms with Crippen molar-refractivity contribution in [2.45, 2.75) is 83.6 Å². The molecule has 0 spiro atoms. The van der Waals surface area contributed by atoms with E-state index in [2.05, 4.69) is 54.3 Å². The van der Waals surface area contributed by atoms with Crippen molar-refractivity contribution in [2.75, 3.05) is 46.3 Å². The van der Waals surface area contributed by atoms with Crippen LogP contribution in [0.15, 0.2) is 0 Å². The van der Waals surface area contributed by atoms with E-state index in [1.807, 2.05) is 0 Å². The monoisotopic (exact) mass is 336 g/mol. The van der Waals surface area contributed by atoms with Gasteiger partial charge < -0.3 is 4.90 Å². The van der Waals surface area contributed by atoms with Crippen LogP contribution in [0.3, 0.4) is 0 Å². The van der Waals surface area contributed by atoms with Crippen molar-refractivity contribution < 1.29 is 0 Å². The van der Waals surface area contributed by atoms with Crippen molar-refractivity contribution >= 4 is 0 Å². The number of nitrogens with zero attached hydrogens (tertiary/aromatic N) is 4. The summed E-state index contributed by atoms with van der Waals surface area (Å²) in [5.74, 6) is 0. The Morgan fingerprint density at radius 1 is 0.958 bits per heavy atom. The predicted octanol–water partition coefficient (Wildman–Crippen LogP) is 2.35. The van der Waals surface area contributed by atoms with E-state index in [0.29, 0.717) is 12.1 Å². The lowest BCUT2D eigenvalue weighted by atomic mass is 9.89. The molecule has 3 fully saturated rings. The molecule has 24 heavy (non-hydrogen) atoms. The maximum Gasteiger partial charge on any atom is 0.0226 e. The number of hydrogen-bond acceptors (Lipinski definition) is 4. The normalized spacial score (nSPS) is 36.0. The molecule has 140 valence electrons. The summed E-state index contributed by atoms with van der Waals surface area (Å²) in [5, 5.41) is 0. The number of piperidine rings is 1. The van der Waals surface area contributed by atoms with Crippen LogP contribution < -0.4 is 0 Å². The highest BCUT2D eigenvalue weighted by molar-refractivity contribution is 4.93. The van der Waals surface area contributed by atoms with Gasteiger partial charge in [0.05, 0.1) is 0 Å². The second-order valence-electron chi connectivity index (χ2n) is 9.00. The highest BCUT2D eigenvalue weighted by Gasteiger charge is 2.37. The SMILES string of the molecule is CC(C)N1CCN2C(CC(C)N3CCN(C)CC3C)CCCC2C1. The minimum atomic E-state index is 0.705. The van der Waals surface area contributed by atoms with E-state index in [0.717, 1.165) is 18.1 Å². The summed E-state index contributed by atoms with van der Waals surface area (Å²) in [6.45, 7) is 17.2. The first-order valence-corrected chi connectivity index (χ1v) is 10.4. The summed E-state index contributed by atoms with van der Waals surface area (Å²) in [6, 6.07) is 3.77. The molecule has 3 aliphatic rings. The Morgan fingerprint density at radius 2 is 1.75 bits per heavy atom. The first kappa shape index (κ1) is 18.6. The maximum absolute atomic E-state index is 2.89. The van der Waals surface area contributed by atoms with Crippen LogP contribution in [0.5, 0.6) is 0 Å². The third kappa shape index (κ3) is 4.14. The second-order valence-corrected chi connectivity index (χ2v) is 9.00. The molecule has 3 rings (SSSR count). The van der Waals surface area contributed by atoms with Crippen LogP contribution >= 0.6 is 0 Å². The molecule has 4 nitrogen and oxygen atoms in total. The number of rotatable bonds is 4. The molecule has 3 aliphatic heterocycles. The van der Waals surface area contributed by atoms with Gasteiger partial charge in [0.15, 0.2) is 0 Å². The standard InChI is InChI=1S/C20H40N4/c1-16(2)22-10-12-24-19(7-6-8-20(24)15-22)13-17(3)23-11-9-21(5)14-18(23)4/h16-20H,6-15H2,1-5H3. The minimum Gasteiger partial charge on any atom is -0.304 e. The fourth-order valence-electron chi connectivity index (χ4n) is 5.45. The highest BCUT2D eigenvalue weighted by Crippen LogP contribution is 2.30. The molecule has 0 aromatic heterocycles. The molecule has 0 radical (unpaired) electrons. The van der Waals surface area contributed by atoms with Gasteiger partial charge in [0, 0.05) is 69.5 Å². The molecule has 4 atom stereocenters. The molecular formula is C20H40N4. The molecule has 0 saturated carbocycles. The number of likely N-dealkylation sites (N-methyl/N-ethyl adjacent to an activating group) is 1. The van der Waals surface area contributed by atoms with E-state index in [9.17, 15) is 0 Å². The van der Waals surface area contributed by atoms with Crippen LogP contribution in [0.1, 0.15) is 53.4 Å². The molecule has 0 aromatic rings. The van der Waals surface area contributed by atoms with Gasteiger partial charge in [-0.05, 0) is 54.0 Å². The third-order valence-electron chi connectivity index (χ3n) is 6.90. The van der Waals surface area contributed by atoms with Gasteiger partial charge in [-0.3, -0.25) is 14.7 Å². The Labute approximate surface area is 150 Å². The van der Waals surface area contributed by atoms with Crippen LogP contribution in [0.4, 0.5) is 0 Å². The van der Waals surface area contributed by atoms with Crippen LogP contribution in [0, 0.1) is 0 Å². The first-order valence-electron chi connectivity index (χ1n) is 10.4. The first-order chi connectivity index (χ1) is 11.5. The third-order valence-corrected chi connectivity index (χ3v) is 6.90. The van der Waals surface area contributed by atoms with Gasteiger partial charge in [0.2, 0.25) is 0 Å². The molecule has 0 bridgehead atoms. The quantitative estimate of drug-likeness (QED) is 0.781. The van der Waals surface area contributed by atoms with Crippen molar-refractivity contribution in [3.63, 3.8) is 0 Å². The number of fused-ring (bicyclic) bond motifs is 1. The molecule has 3 saturated heterocycles. The number of hydrogen-bond donors (Lipinski definition) is 0. The van der Waals surface area contributed by atoms with Crippen LogP contribution in [-0.4, -0.2) is 96.1 Å². The summed E-state index contributed by atoms with van der Waals surface area (Å²) < 4.78 is 0. The van der Waals surface area contributed by atoms with E-state index in [-0.39, 0.29) is 0 Å². The molecule has 0 N–H and O–H groups in total. The molecule has 4 unspecified atom stereocenters. The largest absolute Gasteiger partial charge is 0.304 e. The van der Waals surface area contributed by atoms with Crippen LogP contribution in [0.2, 0.25) is 0 Å². The summed E-state index contributed by atoms with van der Waals surface area (Å²) in [5.41, 5.74) is 0. The van der Waals surface area contributed by atoms with Crippen LogP contribution in [-0.2, 0) is 0 Å². The van der Waals surface area contributed by atoms with Gasteiger partial charge in [-0.2, -0.15) is 0 Å². The van der Waals surface area contributed by atoms with Crippen molar-refractivity contribution in [3.8, 4) is 0 Å². The predicted molar refractivity (Wildman–Crippen MR) is 103 cm³/mol. The Kier molecular flexibility index (Phi) is 6.23. The topological polar surface area (TPSA) is 13.0 Å². The van der Waals surface area contributed by atoms with Gasteiger partial charge >= 0.3 is 0 Å². The second kappa shape index (κ2) is 8.03. The Bertz CT molecular complexity index is 399. The molecule has 4 heteroatoms. The van der Waals surface area contributed by atoms with Gasteiger partial charge in [-0.15, -0.1) is 0 Å². The fourth-order valence-corrected chi connectivity index (χ4v) is 5.45. The lowest BCUT2D eigenvalue weighted by Crippen LogP contribution is -2.61. The molecular weight excluding hydrogens is 296 g/mol. The van der Waals surface area contributed by atoms with E-state index >= 15 is 0 Å². The molecule has 0 aromatic carbocycles. The summed E-state index contributed by atoms with van der Waals surface area (Å²) >= 11 is 0. The Morgan fingerprint density at radius 3 is 2.46 bits per heavy atom. The van der Waals surface area contributed by atoms with Gasteiger partial charge in [0.25, 0.3) is 0 Å². The van der Waals surface area contributed by atoms with Crippen molar-refractivity contribution in [2.24, 2.45) is 0 Å². The van der Waals surface area contributed by atoms with Crippen molar-refractivity contribution in [1.29, 1.82) is 0 Å². The number of piperazine rings is 2. The van der Waals surface area contributed by atoms with E-state index in [4.69, 9.17) is 0 Å². The van der Waals surface area contributed by atoms with Gasteiger partial charge in [-0.1, -0.05) is 6.42 Å². The summed E-state index contributed by atoms with van der Waals surface area (Å²) in [6.07, 6.45) is 5.64. The van der Waals surface area contributed by atoms with Crippen molar-refractivity contribution in [3.05, 3.63) is 0 Å². The smallest absolute Gasteiger partial charge is 0.0226 e. The van der Waals surface area contributed by atoms with Crippen molar-refractivity contribution in [1.82, 2.24) is 19.6 Å². The fraction of sp³-hybridized carbons (Fsp3) is 1.00. The van der Waals surface area contributed by atoms with Gasteiger partial charge in [-0.25, -0.2) is 0 Å². The minimum absolute atomic E-state index is 0.705. The molecule has 3 heterocycles. The lowest BCUT2D eigenvalue weighted by Gasteiger charge is -2.51. The average Bonchev–Trinajstić information content (AvgIpc) is 2.54.